The Morgan fingerprint density at radius 1 is 0.469 bits per heavy atom. The summed E-state index contributed by atoms with van der Waals surface area (Å²) in [7, 11) is 0. The molecule has 0 saturated heterocycles. The molecule has 0 aliphatic rings. The summed E-state index contributed by atoms with van der Waals surface area (Å²) in [4.78, 5) is 0. The third kappa shape index (κ3) is 6.67. The van der Waals surface area contributed by atoms with Gasteiger partial charge in [0.1, 0.15) is 24.7 Å². The monoisotopic (exact) mass is 420 g/mol. The van der Waals surface area contributed by atoms with Crippen molar-refractivity contribution in [3.8, 4) is 11.5 Å². The number of rotatable bonds is 9. The van der Waals surface area contributed by atoms with E-state index in [0.717, 1.165) is 33.8 Å². The smallest absolute Gasteiger partial charge is 0.119 e. The maximum absolute atomic E-state index is 5.80. The summed E-state index contributed by atoms with van der Waals surface area (Å²) in [5, 5.41) is 8.26. The van der Waals surface area contributed by atoms with Crippen LogP contribution in [-0.4, -0.2) is 12.4 Å². The van der Waals surface area contributed by atoms with Gasteiger partial charge in [-0.1, -0.05) is 60.7 Å². The minimum atomic E-state index is 0.550. The van der Waals surface area contributed by atoms with E-state index in [4.69, 9.17) is 9.47 Å². The van der Waals surface area contributed by atoms with Crippen molar-refractivity contribution in [1.29, 1.82) is 0 Å². The summed E-state index contributed by atoms with van der Waals surface area (Å²) in [5.74, 6) is 1.65. The number of hydrogen-bond acceptors (Lipinski definition) is 4. The Hall–Kier alpha value is -4.18. The average molecular weight is 421 g/mol. The van der Waals surface area contributed by atoms with Crippen LogP contribution in [0.5, 0.6) is 11.5 Å². The SMILES string of the molecule is C(=N\N=C\c1ccc(OCc2ccccc2)cc1)/c1ccc(OCc2ccccc2)cc1. The molecule has 0 heterocycles. The molecule has 4 aromatic rings. The van der Waals surface area contributed by atoms with Gasteiger partial charge in [0.25, 0.3) is 0 Å². The third-order valence-electron chi connectivity index (χ3n) is 4.74. The zero-order valence-electron chi connectivity index (χ0n) is 17.7. The normalized spacial score (nSPS) is 11.1. The number of nitrogens with zero attached hydrogens (tertiary/aromatic N) is 2. The van der Waals surface area contributed by atoms with Gasteiger partial charge in [0.05, 0.1) is 12.4 Å². The molecule has 32 heavy (non-hydrogen) atoms. The van der Waals surface area contributed by atoms with Crippen LogP contribution in [0.1, 0.15) is 22.3 Å². The maximum Gasteiger partial charge on any atom is 0.119 e. The number of benzene rings is 4. The first kappa shape index (κ1) is 21.1. The Morgan fingerprint density at radius 3 is 1.22 bits per heavy atom. The molecule has 158 valence electrons. The van der Waals surface area contributed by atoms with E-state index in [1.165, 1.54) is 0 Å². The van der Waals surface area contributed by atoms with Gasteiger partial charge in [-0.3, -0.25) is 0 Å². The van der Waals surface area contributed by atoms with Gasteiger partial charge in [-0.15, -0.1) is 0 Å². The molecule has 4 aromatic carbocycles. The average Bonchev–Trinajstić information content (AvgIpc) is 2.87. The molecule has 0 aliphatic heterocycles. The molecule has 0 fully saturated rings. The molecule has 0 bridgehead atoms. The predicted molar refractivity (Wildman–Crippen MR) is 130 cm³/mol. The highest BCUT2D eigenvalue weighted by molar-refractivity contribution is 5.82. The van der Waals surface area contributed by atoms with Crippen molar-refractivity contribution >= 4 is 12.4 Å². The minimum absolute atomic E-state index is 0.550. The van der Waals surface area contributed by atoms with Crippen molar-refractivity contribution in [2.24, 2.45) is 10.2 Å². The Labute approximate surface area is 188 Å². The van der Waals surface area contributed by atoms with Crippen LogP contribution in [-0.2, 0) is 13.2 Å². The lowest BCUT2D eigenvalue weighted by Gasteiger charge is -2.06. The van der Waals surface area contributed by atoms with E-state index in [9.17, 15) is 0 Å². The highest BCUT2D eigenvalue weighted by Crippen LogP contribution is 2.15. The van der Waals surface area contributed by atoms with Crippen molar-refractivity contribution in [2.75, 3.05) is 0 Å². The molecule has 0 aromatic heterocycles. The second kappa shape index (κ2) is 11.3. The zero-order chi connectivity index (χ0) is 21.8. The highest BCUT2D eigenvalue weighted by Gasteiger charge is 1.97. The summed E-state index contributed by atoms with van der Waals surface area (Å²) in [6.45, 7) is 1.10. The second-order valence-corrected chi connectivity index (χ2v) is 7.18. The van der Waals surface area contributed by atoms with Crippen molar-refractivity contribution in [3.05, 3.63) is 131 Å². The lowest BCUT2D eigenvalue weighted by Crippen LogP contribution is -1.95. The standard InChI is InChI=1S/C28H24N2O2/c1-3-7-25(8-4-1)21-31-27-15-11-23(12-16-27)19-29-30-20-24-13-17-28(18-14-24)32-22-26-9-5-2-6-10-26/h1-20H,21-22H2/b29-19+,30-20+. The molecule has 0 radical (unpaired) electrons. The molecule has 4 nitrogen and oxygen atoms in total. The van der Waals surface area contributed by atoms with Crippen molar-refractivity contribution in [3.63, 3.8) is 0 Å². The molecule has 0 saturated carbocycles. The summed E-state index contributed by atoms with van der Waals surface area (Å²) in [6, 6.07) is 35.8. The summed E-state index contributed by atoms with van der Waals surface area (Å²) >= 11 is 0. The predicted octanol–water partition coefficient (Wildman–Crippen LogP) is 6.30. The fourth-order valence-corrected chi connectivity index (χ4v) is 2.98. The van der Waals surface area contributed by atoms with Gasteiger partial charge >= 0.3 is 0 Å². The van der Waals surface area contributed by atoms with Crippen molar-refractivity contribution in [2.45, 2.75) is 13.2 Å². The van der Waals surface area contributed by atoms with E-state index in [0.29, 0.717) is 13.2 Å². The van der Waals surface area contributed by atoms with E-state index in [1.807, 2.05) is 109 Å². The zero-order valence-corrected chi connectivity index (χ0v) is 17.7. The van der Waals surface area contributed by atoms with Crippen LogP contribution in [0.2, 0.25) is 0 Å². The van der Waals surface area contributed by atoms with E-state index < -0.39 is 0 Å². The second-order valence-electron chi connectivity index (χ2n) is 7.18. The summed E-state index contributed by atoms with van der Waals surface area (Å²) in [6.07, 6.45) is 3.43. The molecule has 4 heteroatoms. The van der Waals surface area contributed by atoms with Gasteiger partial charge in [-0.2, -0.15) is 10.2 Å². The molecule has 0 amide bonds. The van der Waals surface area contributed by atoms with Crippen molar-refractivity contribution in [1.82, 2.24) is 0 Å². The van der Waals surface area contributed by atoms with E-state index >= 15 is 0 Å². The van der Waals surface area contributed by atoms with Crippen LogP contribution in [0.15, 0.2) is 119 Å². The van der Waals surface area contributed by atoms with Crippen LogP contribution in [0.4, 0.5) is 0 Å². The van der Waals surface area contributed by atoms with Gasteiger partial charge in [0, 0.05) is 0 Å². The van der Waals surface area contributed by atoms with Gasteiger partial charge in [-0.25, -0.2) is 0 Å². The third-order valence-corrected chi connectivity index (χ3v) is 4.74. The Morgan fingerprint density at radius 2 is 0.844 bits per heavy atom. The first-order valence-electron chi connectivity index (χ1n) is 10.5. The topological polar surface area (TPSA) is 43.2 Å². The van der Waals surface area contributed by atoms with Crippen LogP contribution in [0, 0.1) is 0 Å². The molecular weight excluding hydrogens is 396 g/mol. The quantitative estimate of drug-likeness (QED) is 0.236. The van der Waals surface area contributed by atoms with Crippen LogP contribution in [0.3, 0.4) is 0 Å². The summed E-state index contributed by atoms with van der Waals surface area (Å²) < 4.78 is 11.6. The first-order chi connectivity index (χ1) is 15.8. The van der Waals surface area contributed by atoms with E-state index in [1.54, 1.807) is 12.4 Å². The van der Waals surface area contributed by atoms with E-state index in [2.05, 4.69) is 10.2 Å². The van der Waals surface area contributed by atoms with Crippen molar-refractivity contribution < 1.29 is 9.47 Å². The minimum Gasteiger partial charge on any atom is -0.489 e. The maximum atomic E-state index is 5.80. The molecule has 0 unspecified atom stereocenters. The molecule has 0 N–H and O–H groups in total. The molecule has 0 atom stereocenters. The van der Waals surface area contributed by atoms with Crippen LogP contribution in [0.25, 0.3) is 0 Å². The Balaban J connectivity index is 1.24. The van der Waals surface area contributed by atoms with Gasteiger partial charge in [0.2, 0.25) is 0 Å². The summed E-state index contributed by atoms with van der Waals surface area (Å²) in [5.41, 5.74) is 4.20. The number of hydrogen-bond donors (Lipinski definition) is 0. The molecular formula is C28H24N2O2. The van der Waals surface area contributed by atoms with E-state index in [-0.39, 0.29) is 0 Å². The van der Waals surface area contributed by atoms with Gasteiger partial charge < -0.3 is 9.47 Å². The fourth-order valence-electron chi connectivity index (χ4n) is 2.98. The first-order valence-corrected chi connectivity index (χ1v) is 10.5. The Bertz CT molecular complexity index is 1040. The fraction of sp³-hybridized carbons (Fsp3) is 0.0714. The lowest BCUT2D eigenvalue weighted by atomic mass is 10.2. The van der Waals surface area contributed by atoms with Crippen LogP contribution >= 0.6 is 0 Å². The highest BCUT2D eigenvalue weighted by atomic mass is 16.5. The molecule has 0 spiro atoms. The lowest BCUT2D eigenvalue weighted by molar-refractivity contribution is 0.306. The van der Waals surface area contributed by atoms with Gasteiger partial charge in [-0.05, 0) is 70.8 Å². The van der Waals surface area contributed by atoms with Crippen LogP contribution < -0.4 is 9.47 Å². The largest absolute Gasteiger partial charge is 0.489 e. The Kier molecular flexibility index (Phi) is 7.42. The molecule has 4 rings (SSSR count). The number of ether oxygens (including phenoxy) is 2. The molecule has 0 aliphatic carbocycles. The van der Waals surface area contributed by atoms with Gasteiger partial charge in [0.15, 0.2) is 0 Å².